The van der Waals surface area contributed by atoms with Gasteiger partial charge in [0.15, 0.2) is 0 Å². The fourth-order valence-corrected chi connectivity index (χ4v) is 0. The third kappa shape index (κ3) is 8.35. The quantitative estimate of drug-likeness (QED) is 0.505. The zero-order valence-corrected chi connectivity index (χ0v) is 7.70. The predicted molar refractivity (Wildman–Crippen MR) is 43.3 cm³/mol. The lowest BCUT2D eigenvalue weighted by atomic mass is 9.98. The third-order valence-corrected chi connectivity index (χ3v) is 1.89. The molecule has 0 spiro atoms. The second-order valence-corrected chi connectivity index (χ2v) is 3.44. The van der Waals surface area contributed by atoms with Crippen LogP contribution in [0.4, 0.5) is 0 Å². The van der Waals surface area contributed by atoms with Crippen LogP contribution in [0, 0.1) is 5.41 Å². The summed E-state index contributed by atoms with van der Waals surface area (Å²) < 4.78 is 0. The molecule has 0 aliphatic carbocycles. The minimum Gasteiger partial charge on any atom is -0.400 e. The van der Waals surface area contributed by atoms with Crippen molar-refractivity contribution in [2.24, 2.45) is 5.41 Å². The summed E-state index contributed by atoms with van der Waals surface area (Å²) in [7, 11) is 3.36. The van der Waals surface area contributed by atoms with E-state index in [1.807, 2.05) is 20.8 Å². The van der Waals surface area contributed by atoms with E-state index in [1.165, 1.54) is 0 Å². The van der Waals surface area contributed by atoms with Crippen LogP contribution in [0.25, 0.3) is 0 Å². The molecule has 0 aromatic heterocycles. The van der Waals surface area contributed by atoms with E-state index in [4.69, 9.17) is 10.2 Å². The molecule has 2 unspecified atom stereocenters. The first kappa shape index (κ1) is 12.1. The van der Waals surface area contributed by atoms with Gasteiger partial charge in [-0.05, 0) is 5.41 Å². The lowest BCUT2D eigenvalue weighted by molar-refractivity contribution is 0.142. The van der Waals surface area contributed by atoms with Gasteiger partial charge in [-0.15, -0.1) is 9.24 Å². The van der Waals surface area contributed by atoms with Crippen LogP contribution < -0.4 is 0 Å². The first-order chi connectivity index (χ1) is 3.94. The summed E-state index contributed by atoms with van der Waals surface area (Å²) in [5, 5.41) is 15.9. The van der Waals surface area contributed by atoms with Crippen LogP contribution >= 0.6 is 9.24 Å². The van der Waals surface area contributed by atoms with Gasteiger partial charge < -0.3 is 10.2 Å². The Bertz CT molecular complexity index is 56.6. The predicted octanol–water partition coefficient (Wildman–Crippen LogP) is 0.834. The van der Waals surface area contributed by atoms with Gasteiger partial charge in [-0.1, -0.05) is 20.8 Å². The molecule has 2 N–H and O–H groups in total. The first-order valence-corrected chi connectivity index (χ1v) is 3.49. The summed E-state index contributed by atoms with van der Waals surface area (Å²) >= 11 is 0. The van der Waals surface area contributed by atoms with E-state index in [1.54, 1.807) is 0 Å². The Hall–Kier alpha value is 0.350. The number of hydrogen-bond acceptors (Lipinski definition) is 2. The molecule has 0 aliphatic rings. The number of aliphatic hydroxyl groups is 2. The summed E-state index contributed by atoms with van der Waals surface area (Å²) in [6.07, 6.45) is 0. The van der Waals surface area contributed by atoms with Crippen LogP contribution in [0.2, 0.25) is 0 Å². The maximum atomic E-state index is 8.85. The van der Waals surface area contributed by atoms with Gasteiger partial charge in [0.25, 0.3) is 0 Å². The van der Waals surface area contributed by atoms with Gasteiger partial charge in [0.2, 0.25) is 0 Å². The van der Waals surface area contributed by atoms with Crippen molar-refractivity contribution in [3.63, 3.8) is 0 Å². The molecular weight excluding hydrogens is 135 g/mol. The highest BCUT2D eigenvalue weighted by Gasteiger charge is 2.16. The summed E-state index contributed by atoms with van der Waals surface area (Å²) in [5.74, 6) is -0.285. The molecule has 58 valence electrons. The van der Waals surface area contributed by atoms with Gasteiger partial charge in [0.1, 0.15) is 0 Å². The molecule has 2 nitrogen and oxygen atoms in total. The van der Waals surface area contributed by atoms with E-state index in [9.17, 15) is 0 Å². The number of rotatable bonds is 0. The third-order valence-electron chi connectivity index (χ3n) is 0.887. The first-order valence-electron chi connectivity index (χ1n) is 2.83. The van der Waals surface area contributed by atoms with E-state index >= 15 is 0 Å². The zero-order valence-electron chi connectivity index (χ0n) is 6.55. The zero-order chi connectivity index (χ0) is 8.08. The Labute approximate surface area is 59.5 Å². The number of hydrogen-bond donors (Lipinski definition) is 2. The largest absolute Gasteiger partial charge is 0.400 e. The van der Waals surface area contributed by atoms with E-state index in [0.717, 1.165) is 7.11 Å². The molecule has 0 amide bonds. The van der Waals surface area contributed by atoms with Crippen LogP contribution in [0.15, 0.2) is 0 Å². The SMILES string of the molecule is CC(C)(C)C(O)P.CO. The summed E-state index contributed by atoms with van der Waals surface area (Å²) in [6.45, 7) is 5.97. The maximum absolute atomic E-state index is 8.85. The topological polar surface area (TPSA) is 40.5 Å². The fourth-order valence-electron chi connectivity index (χ4n) is 0. The molecule has 0 bridgehead atoms. The van der Waals surface area contributed by atoms with E-state index in [0.29, 0.717) is 0 Å². The van der Waals surface area contributed by atoms with Crippen molar-refractivity contribution < 1.29 is 10.2 Å². The van der Waals surface area contributed by atoms with Crippen LogP contribution in [-0.4, -0.2) is 23.2 Å². The van der Waals surface area contributed by atoms with Crippen molar-refractivity contribution in [1.82, 2.24) is 0 Å². The molecular formula is C6H17O2P. The van der Waals surface area contributed by atoms with Gasteiger partial charge >= 0.3 is 0 Å². The average Bonchev–Trinajstić information content (AvgIpc) is 1.69. The smallest absolute Gasteiger partial charge is 0.0721 e. The average molecular weight is 152 g/mol. The molecule has 0 saturated heterocycles. The highest BCUT2D eigenvalue weighted by atomic mass is 31.0. The molecule has 9 heavy (non-hydrogen) atoms. The van der Waals surface area contributed by atoms with Gasteiger partial charge in [-0.25, -0.2) is 0 Å². The van der Waals surface area contributed by atoms with Crippen LogP contribution in [0.1, 0.15) is 20.8 Å². The van der Waals surface area contributed by atoms with Crippen LogP contribution in [0.3, 0.4) is 0 Å². The highest BCUT2D eigenvalue weighted by molar-refractivity contribution is 7.17. The summed E-state index contributed by atoms with van der Waals surface area (Å²) in [5.41, 5.74) is 0.0185. The maximum Gasteiger partial charge on any atom is 0.0721 e. The number of aliphatic hydroxyl groups excluding tert-OH is 2. The Kier molecular flexibility index (Phi) is 6.92. The van der Waals surface area contributed by atoms with Crippen LogP contribution in [0.5, 0.6) is 0 Å². The van der Waals surface area contributed by atoms with Gasteiger partial charge in [-0.2, -0.15) is 0 Å². The molecule has 3 heteroatoms. The molecule has 0 saturated carbocycles. The fraction of sp³-hybridized carbons (Fsp3) is 1.00. The van der Waals surface area contributed by atoms with Crippen molar-refractivity contribution in [2.75, 3.05) is 7.11 Å². The second kappa shape index (κ2) is 5.16. The molecule has 0 heterocycles. The minimum atomic E-state index is -0.285. The minimum absolute atomic E-state index is 0.0185. The monoisotopic (exact) mass is 152 g/mol. The van der Waals surface area contributed by atoms with Gasteiger partial charge in [0, 0.05) is 7.11 Å². The molecule has 0 radical (unpaired) electrons. The molecule has 0 rings (SSSR count). The van der Waals surface area contributed by atoms with Gasteiger partial charge in [-0.3, -0.25) is 0 Å². The molecule has 0 aromatic rings. The van der Waals surface area contributed by atoms with Crippen LogP contribution in [-0.2, 0) is 0 Å². The Balaban J connectivity index is 0. The lowest BCUT2D eigenvalue weighted by Gasteiger charge is -2.20. The summed E-state index contributed by atoms with van der Waals surface area (Å²) in [6, 6.07) is 0. The molecule has 0 aliphatic heterocycles. The van der Waals surface area contributed by atoms with Crippen molar-refractivity contribution in [2.45, 2.75) is 26.6 Å². The normalized spacial score (nSPS) is 13.7. The molecule has 0 aromatic carbocycles. The van der Waals surface area contributed by atoms with Crippen molar-refractivity contribution >= 4 is 9.24 Å². The highest BCUT2D eigenvalue weighted by Crippen LogP contribution is 2.22. The van der Waals surface area contributed by atoms with Crippen molar-refractivity contribution in [3.05, 3.63) is 0 Å². The Morgan fingerprint density at radius 2 is 1.33 bits per heavy atom. The van der Waals surface area contributed by atoms with E-state index < -0.39 is 0 Å². The molecule has 2 atom stereocenters. The van der Waals surface area contributed by atoms with Gasteiger partial charge in [0.05, 0.1) is 5.85 Å². The van der Waals surface area contributed by atoms with Crippen molar-refractivity contribution in [3.8, 4) is 0 Å². The molecule has 0 fully saturated rings. The van der Waals surface area contributed by atoms with Crippen molar-refractivity contribution in [1.29, 1.82) is 0 Å². The Morgan fingerprint density at radius 3 is 1.33 bits per heavy atom. The standard InChI is InChI=1S/C5H13OP.CH4O/c1-5(2,3)4(6)7;1-2/h4,6H,7H2,1-3H3;2H,1H3. The Morgan fingerprint density at radius 1 is 1.22 bits per heavy atom. The lowest BCUT2D eigenvalue weighted by Crippen LogP contribution is -2.18. The summed E-state index contributed by atoms with van der Waals surface area (Å²) in [4.78, 5) is 0. The van der Waals surface area contributed by atoms with E-state index in [2.05, 4.69) is 9.24 Å². The van der Waals surface area contributed by atoms with E-state index in [-0.39, 0.29) is 11.3 Å². The second-order valence-electron chi connectivity index (χ2n) is 2.81.